The molecule has 2 aromatic carbocycles. The summed E-state index contributed by atoms with van der Waals surface area (Å²) in [7, 11) is 1.60. The highest BCUT2D eigenvalue weighted by Crippen LogP contribution is 2.20. The Hall–Kier alpha value is -2.69. The first-order valence-corrected chi connectivity index (χ1v) is 8.27. The Morgan fingerprint density at radius 1 is 1.12 bits per heavy atom. The Bertz CT molecular complexity index is 679. The number of nitrogens with one attached hydrogen (secondary N) is 2. The molecule has 1 fully saturated rings. The molecule has 0 spiro atoms. The molecule has 0 aromatic heterocycles. The van der Waals surface area contributed by atoms with Gasteiger partial charge in [0.05, 0.1) is 7.11 Å². The summed E-state index contributed by atoms with van der Waals surface area (Å²) in [4.78, 5) is 14.4. The molecule has 2 amide bonds. The van der Waals surface area contributed by atoms with Gasteiger partial charge in [-0.05, 0) is 42.7 Å². The summed E-state index contributed by atoms with van der Waals surface area (Å²) in [5, 5.41) is 5.67. The quantitative estimate of drug-likeness (QED) is 0.883. The fourth-order valence-electron chi connectivity index (χ4n) is 2.86. The van der Waals surface area contributed by atoms with E-state index in [0.717, 1.165) is 18.7 Å². The van der Waals surface area contributed by atoms with Gasteiger partial charge < -0.3 is 20.3 Å². The molecular formula is C19H23N3O2. The zero-order chi connectivity index (χ0) is 16.8. The van der Waals surface area contributed by atoms with E-state index in [-0.39, 0.29) is 6.03 Å². The number of hydrogen-bond acceptors (Lipinski definition) is 3. The Balaban J connectivity index is 1.50. The van der Waals surface area contributed by atoms with Gasteiger partial charge in [-0.25, -0.2) is 4.79 Å². The lowest BCUT2D eigenvalue weighted by atomic mass is 10.2. The van der Waals surface area contributed by atoms with Crippen LogP contribution in [0.4, 0.5) is 16.2 Å². The van der Waals surface area contributed by atoms with Crippen LogP contribution in [0.25, 0.3) is 0 Å². The first kappa shape index (κ1) is 16.2. The predicted molar refractivity (Wildman–Crippen MR) is 96.7 cm³/mol. The van der Waals surface area contributed by atoms with Crippen LogP contribution in [0.5, 0.6) is 5.75 Å². The van der Waals surface area contributed by atoms with Crippen LogP contribution in [0.2, 0.25) is 0 Å². The van der Waals surface area contributed by atoms with Crippen molar-refractivity contribution in [3.05, 3.63) is 54.1 Å². The minimum absolute atomic E-state index is 0.230. The van der Waals surface area contributed by atoms with Gasteiger partial charge in [0.15, 0.2) is 0 Å². The zero-order valence-electron chi connectivity index (χ0n) is 13.9. The van der Waals surface area contributed by atoms with Crippen LogP contribution in [0.1, 0.15) is 18.4 Å². The minimum atomic E-state index is -0.230. The maximum Gasteiger partial charge on any atom is 0.319 e. The summed E-state index contributed by atoms with van der Waals surface area (Å²) in [6.45, 7) is 2.77. The molecule has 24 heavy (non-hydrogen) atoms. The first-order valence-electron chi connectivity index (χ1n) is 8.27. The number of urea groups is 1. The Kier molecular flexibility index (Phi) is 5.21. The average Bonchev–Trinajstić information content (AvgIpc) is 3.15. The van der Waals surface area contributed by atoms with Gasteiger partial charge in [-0.2, -0.15) is 0 Å². The van der Waals surface area contributed by atoms with Crippen LogP contribution in [0, 0.1) is 0 Å². The topological polar surface area (TPSA) is 53.6 Å². The van der Waals surface area contributed by atoms with E-state index in [4.69, 9.17) is 4.74 Å². The van der Waals surface area contributed by atoms with E-state index in [0.29, 0.717) is 18.0 Å². The largest absolute Gasteiger partial charge is 0.497 e. The molecule has 3 rings (SSSR count). The number of carbonyl (C=O) groups excluding carboxylic acids is 1. The zero-order valence-corrected chi connectivity index (χ0v) is 13.9. The number of methoxy groups -OCH3 is 1. The number of amides is 2. The third-order valence-electron chi connectivity index (χ3n) is 4.19. The van der Waals surface area contributed by atoms with Gasteiger partial charge in [0.25, 0.3) is 0 Å². The van der Waals surface area contributed by atoms with E-state index in [2.05, 4.69) is 39.8 Å². The number of ether oxygens (including phenoxy) is 1. The van der Waals surface area contributed by atoms with Gasteiger partial charge in [-0.3, -0.25) is 0 Å². The molecule has 0 aliphatic carbocycles. The molecule has 1 aliphatic heterocycles. The smallest absolute Gasteiger partial charge is 0.319 e. The lowest BCUT2D eigenvalue weighted by molar-refractivity contribution is 0.251. The normalized spacial score (nSPS) is 13.6. The molecule has 1 heterocycles. The maximum absolute atomic E-state index is 12.0. The summed E-state index contributed by atoms with van der Waals surface area (Å²) < 4.78 is 5.14. The molecule has 0 bridgehead atoms. The number of benzene rings is 2. The van der Waals surface area contributed by atoms with Gasteiger partial charge in [0.1, 0.15) is 5.75 Å². The maximum atomic E-state index is 12.0. The van der Waals surface area contributed by atoms with E-state index < -0.39 is 0 Å². The van der Waals surface area contributed by atoms with Crippen molar-refractivity contribution in [2.45, 2.75) is 19.4 Å². The Labute approximate surface area is 142 Å². The molecule has 0 saturated carbocycles. The second-order valence-corrected chi connectivity index (χ2v) is 5.90. The Morgan fingerprint density at radius 2 is 1.88 bits per heavy atom. The van der Waals surface area contributed by atoms with Crippen LogP contribution >= 0.6 is 0 Å². The van der Waals surface area contributed by atoms with Crippen LogP contribution < -0.4 is 20.3 Å². The van der Waals surface area contributed by atoms with Crippen LogP contribution in [-0.2, 0) is 6.54 Å². The van der Waals surface area contributed by atoms with Crippen molar-refractivity contribution in [3.8, 4) is 5.75 Å². The van der Waals surface area contributed by atoms with Gasteiger partial charge in [0, 0.05) is 37.1 Å². The van der Waals surface area contributed by atoms with Crippen molar-refractivity contribution in [2.24, 2.45) is 0 Å². The third kappa shape index (κ3) is 4.19. The lowest BCUT2D eigenvalue weighted by Crippen LogP contribution is -2.28. The predicted octanol–water partition coefficient (Wildman–Crippen LogP) is 3.62. The van der Waals surface area contributed by atoms with Gasteiger partial charge in [-0.1, -0.05) is 18.2 Å². The molecule has 5 heteroatoms. The monoisotopic (exact) mass is 325 g/mol. The van der Waals surface area contributed by atoms with Gasteiger partial charge >= 0.3 is 6.03 Å². The Morgan fingerprint density at radius 3 is 2.58 bits per heavy atom. The molecule has 1 saturated heterocycles. The van der Waals surface area contributed by atoms with E-state index in [1.165, 1.54) is 18.5 Å². The second kappa shape index (κ2) is 7.73. The molecule has 2 aromatic rings. The van der Waals surface area contributed by atoms with E-state index in [1.54, 1.807) is 13.2 Å². The highest BCUT2D eigenvalue weighted by molar-refractivity contribution is 5.89. The fourth-order valence-corrected chi connectivity index (χ4v) is 2.86. The molecular weight excluding hydrogens is 302 g/mol. The lowest BCUT2D eigenvalue weighted by Gasteiger charge is -2.17. The van der Waals surface area contributed by atoms with Crippen molar-refractivity contribution in [2.75, 3.05) is 30.4 Å². The third-order valence-corrected chi connectivity index (χ3v) is 4.19. The van der Waals surface area contributed by atoms with Crippen LogP contribution in [0.3, 0.4) is 0 Å². The molecule has 0 radical (unpaired) electrons. The van der Waals surface area contributed by atoms with E-state index >= 15 is 0 Å². The highest BCUT2D eigenvalue weighted by atomic mass is 16.5. The molecule has 1 aliphatic rings. The second-order valence-electron chi connectivity index (χ2n) is 5.90. The van der Waals surface area contributed by atoms with Crippen molar-refractivity contribution >= 4 is 17.4 Å². The van der Waals surface area contributed by atoms with E-state index in [9.17, 15) is 4.79 Å². The summed E-state index contributed by atoms with van der Waals surface area (Å²) in [5.74, 6) is 0.713. The van der Waals surface area contributed by atoms with E-state index in [1.807, 2.05) is 18.2 Å². The highest BCUT2D eigenvalue weighted by Gasteiger charge is 2.11. The standard InChI is InChI=1S/C19H23N3O2/c1-24-18-6-4-5-16(13-18)21-19(23)20-14-15-7-9-17(10-8-15)22-11-2-3-12-22/h4-10,13H,2-3,11-12,14H2,1H3,(H2,20,21,23). The number of nitrogens with zero attached hydrogens (tertiary/aromatic N) is 1. The molecule has 0 unspecified atom stereocenters. The number of anilines is 2. The number of carbonyl (C=O) groups is 1. The minimum Gasteiger partial charge on any atom is -0.497 e. The summed E-state index contributed by atoms with van der Waals surface area (Å²) in [5.41, 5.74) is 3.05. The van der Waals surface area contributed by atoms with Gasteiger partial charge in [0.2, 0.25) is 0 Å². The van der Waals surface area contributed by atoms with Gasteiger partial charge in [-0.15, -0.1) is 0 Å². The van der Waals surface area contributed by atoms with Crippen LogP contribution in [-0.4, -0.2) is 26.2 Å². The number of rotatable bonds is 5. The molecule has 126 valence electrons. The average molecular weight is 325 g/mol. The summed E-state index contributed by atoms with van der Waals surface area (Å²) in [6, 6.07) is 15.4. The van der Waals surface area contributed by atoms with Crippen molar-refractivity contribution < 1.29 is 9.53 Å². The molecule has 2 N–H and O–H groups in total. The summed E-state index contributed by atoms with van der Waals surface area (Å²) in [6.07, 6.45) is 2.54. The SMILES string of the molecule is COc1cccc(NC(=O)NCc2ccc(N3CCCC3)cc2)c1. The number of hydrogen-bond donors (Lipinski definition) is 2. The van der Waals surface area contributed by atoms with Crippen molar-refractivity contribution in [1.82, 2.24) is 5.32 Å². The van der Waals surface area contributed by atoms with Crippen molar-refractivity contribution in [3.63, 3.8) is 0 Å². The summed E-state index contributed by atoms with van der Waals surface area (Å²) >= 11 is 0. The first-order chi connectivity index (χ1) is 11.7. The molecule has 0 atom stereocenters. The van der Waals surface area contributed by atoms with Crippen molar-refractivity contribution in [1.29, 1.82) is 0 Å². The fraction of sp³-hybridized carbons (Fsp3) is 0.316. The molecule has 5 nitrogen and oxygen atoms in total. The van der Waals surface area contributed by atoms with Crippen LogP contribution in [0.15, 0.2) is 48.5 Å².